The molecule has 2 aromatic carbocycles. The van der Waals surface area contributed by atoms with Crippen molar-refractivity contribution in [1.29, 1.82) is 0 Å². The van der Waals surface area contributed by atoms with Gasteiger partial charge in [-0.3, -0.25) is 0 Å². The molecule has 0 atom stereocenters. The van der Waals surface area contributed by atoms with Gasteiger partial charge in [0.25, 0.3) is 5.22 Å². The van der Waals surface area contributed by atoms with E-state index in [1.165, 1.54) is 11.8 Å². The molecule has 0 aliphatic rings. The second-order valence-corrected chi connectivity index (χ2v) is 6.33. The first-order valence-corrected chi connectivity index (χ1v) is 8.33. The van der Waals surface area contributed by atoms with E-state index in [1.54, 1.807) is 6.26 Å². The molecule has 23 heavy (non-hydrogen) atoms. The Morgan fingerprint density at radius 1 is 1.04 bits per heavy atom. The monoisotopic (exact) mass is 342 g/mol. The minimum Gasteiger partial charge on any atom is -0.464 e. The number of furan rings is 1. The first-order chi connectivity index (χ1) is 11.3. The van der Waals surface area contributed by atoms with Crippen LogP contribution in [0.15, 0.2) is 68.9 Å². The predicted octanol–water partition coefficient (Wildman–Crippen LogP) is 5.43. The number of aromatic nitrogens is 2. The van der Waals surface area contributed by atoms with Gasteiger partial charge in [0, 0.05) is 21.7 Å². The van der Waals surface area contributed by atoms with Gasteiger partial charge >= 0.3 is 0 Å². The fourth-order valence-electron chi connectivity index (χ4n) is 2.26. The van der Waals surface area contributed by atoms with Crippen molar-refractivity contribution in [3.63, 3.8) is 0 Å². The zero-order valence-electron chi connectivity index (χ0n) is 11.9. The van der Waals surface area contributed by atoms with Gasteiger partial charge in [-0.1, -0.05) is 35.5 Å². The summed E-state index contributed by atoms with van der Waals surface area (Å²) in [5.41, 5.74) is 2.83. The smallest absolute Gasteiger partial charge is 0.277 e. The third-order valence-corrected chi connectivity index (χ3v) is 4.48. The SMILES string of the molecule is Clc1cccc(CSc2nnc(-c3ccc4occc4c3)o2)c1. The average Bonchev–Trinajstić information content (AvgIpc) is 3.21. The Balaban J connectivity index is 1.52. The van der Waals surface area contributed by atoms with Crippen molar-refractivity contribution in [2.45, 2.75) is 11.0 Å². The summed E-state index contributed by atoms with van der Waals surface area (Å²) in [4.78, 5) is 0. The molecule has 114 valence electrons. The van der Waals surface area contributed by atoms with Crippen LogP contribution in [0.4, 0.5) is 0 Å². The molecule has 0 fully saturated rings. The van der Waals surface area contributed by atoms with Gasteiger partial charge in [-0.2, -0.15) is 0 Å². The maximum Gasteiger partial charge on any atom is 0.277 e. The van der Waals surface area contributed by atoms with Gasteiger partial charge in [-0.25, -0.2) is 0 Å². The van der Waals surface area contributed by atoms with Crippen LogP contribution in [0.1, 0.15) is 5.56 Å². The molecule has 0 aliphatic carbocycles. The van der Waals surface area contributed by atoms with Gasteiger partial charge < -0.3 is 8.83 Å². The summed E-state index contributed by atoms with van der Waals surface area (Å²) in [6.45, 7) is 0. The molecule has 0 amide bonds. The molecule has 0 saturated heterocycles. The second-order valence-electron chi connectivity index (χ2n) is 4.96. The quantitative estimate of drug-likeness (QED) is 0.463. The lowest BCUT2D eigenvalue weighted by molar-refractivity contribution is 0.466. The van der Waals surface area contributed by atoms with Crippen molar-refractivity contribution < 1.29 is 8.83 Å². The first-order valence-electron chi connectivity index (χ1n) is 6.96. The Hall–Kier alpha value is -2.24. The van der Waals surface area contributed by atoms with Crippen molar-refractivity contribution in [3.8, 4) is 11.5 Å². The Morgan fingerprint density at radius 3 is 2.91 bits per heavy atom. The molecule has 0 unspecified atom stereocenters. The molecule has 2 heterocycles. The third kappa shape index (κ3) is 3.11. The van der Waals surface area contributed by atoms with Crippen LogP contribution in [0.25, 0.3) is 22.4 Å². The fraction of sp³-hybridized carbons (Fsp3) is 0.0588. The van der Waals surface area contributed by atoms with E-state index in [0.717, 1.165) is 32.9 Å². The Bertz CT molecular complexity index is 964. The second kappa shape index (κ2) is 6.10. The van der Waals surface area contributed by atoms with Crippen molar-refractivity contribution >= 4 is 34.3 Å². The molecule has 0 N–H and O–H groups in total. The minimum atomic E-state index is 0.502. The molecule has 0 saturated carbocycles. The topological polar surface area (TPSA) is 52.1 Å². The molecule has 0 spiro atoms. The van der Waals surface area contributed by atoms with Crippen molar-refractivity contribution in [1.82, 2.24) is 10.2 Å². The lowest BCUT2D eigenvalue weighted by atomic mass is 10.1. The van der Waals surface area contributed by atoms with E-state index in [2.05, 4.69) is 10.2 Å². The van der Waals surface area contributed by atoms with E-state index in [1.807, 2.05) is 48.5 Å². The highest BCUT2D eigenvalue weighted by Crippen LogP contribution is 2.28. The summed E-state index contributed by atoms with van der Waals surface area (Å²) in [6.07, 6.45) is 1.66. The molecule has 4 rings (SSSR count). The van der Waals surface area contributed by atoms with Gasteiger partial charge in [0.1, 0.15) is 5.58 Å². The lowest BCUT2D eigenvalue weighted by Crippen LogP contribution is -1.80. The highest BCUT2D eigenvalue weighted by molar-refractivity contribution is 7.98. The zero-order valence-corrected chi connectivity index (χ0v) is 13.5. The number of rotatable bonds is 4. The van der Waals surface area contributed by atoms with Crippen molar-refractivity contribution in [2.75, 3.05) is 0 Å². The van der Waals surface area contributed by atoms with Crippen LogP contribution in [0, 0.1) is 0 Å². The van der Waals surface area contributed by atoms with Crippen LogP contribution < -0.4 is 0 Å². The van der Waals surface area contributed by atoms with Crippen molar-refractivity contribution in [2.24, 2.45) is 0 Å². The normalized spacial score (nSPS) is 11.2. The van der Waals surface area contributed by atoms with Gasteiger partial charge in [-0.05, 0) is 42.0 Å². The van der Waals surface area contributed by atoms with Crippen LogP contribution in [0.5, 0.6) is 0 Å². The average molecular weight is 343 g/mol. The zero-order chi connectivity index (χ0) is 15.6. The largest absolute Gasteiger partial charge is 0.464 e. The van der Waals surface area contributed by atoms with Gasteiger partial charge in [0.2, 0.25) is 5.89 Å². The molecule has 6 heteroatoms. The summed E-state index contributed by atoms with van der Waals surface area (Å²) in [5, 5.41) is 10.5. The van der Waals surface area contributed by atoms with E-state index in [-0.39, 0.29) is 0 Å². The molecule has 0 radical (unpaired) electrons. The van der Waals surface area contributed by atoms with Crippen LogP contribution in [0.2, 0.25) is 5.02 Å². The van der Waals surface area contributed by atoms with E-state index >= 15 is 0 Å². The number of fused-ring (bicyclic) bond motifs is 1. The third-order valence-electron chi connectivity index (χ3n) is 3.36. The van der Waals surface area contributed by atoms with Crippen LogP contribution in [-0.4, -0.2) is 10.2 Å². The standard InChI is InChI=1S/C17H11ClN2O2S/c18-14-3-1-2-11(8-14)10-23-17-20-19-16(22-17)13-4-5-15-12(9-13)6-7-21-15/h1-9H,10H2. The summed E-state index contributed by atoms with van der Waals surface area (Å²) < 4.78 is 11.1. The Labute approximate surface area is 141 Å². The lowest BCUT2D eigenvalue weighted by Gasteiger charge is -1.98. The molecular weight excluding hydrogens is 332 g/mol. The maximum atomic E-state index is 5.98. The number of nitrogens with zero attached hydrogens (tertiary/aromatic N) is 2. The van der Waals surface area contributed by atoms with Crippen LogP contribution in [0.3, 0.4) is 0 Å². The number of thioether (sulfide) groups is 1. The molecule has 4 aromatic rings. The Morgan fingerprint density at radius 2 is 2.00 bits per heavy atom. The molecule has 0 bridgehead atoms. The first kappa shape index (κ1) is 14.4. The number of benzene rings is 2. The molecule has 0 aliphatic heterocycles. The highest BCUT2D eigenvalue weighted by atomic mass is 35.5. The molecule has 2 aromatic heterocycles. The van der Waals surface area contributed by atoms with Crippen LogP contribution >= 0.6 is 23.4 Å². The van der Waals surface area contributed by atoms with E-state index in [0.29, 0.717) is 11.1 Å². The van der Waals surface area contributed by atoms with Gasteiger partial charge in [0.15, 0.2) is 0 Å². The number of hydrogen-bond donors (Lipinski definition) is 0. The summed E-state index contributed by atoms with van der Waals surface area (Å²) in [6, 6.07) is 15.4. The number of hydrogen-bond acceptors (Lipinski definition) is 5. The highest BCUT2D eigenvalue weighted by Gasteiger charge is 2.10. The predicted molar refractivity (Wildman–Crippen MR) is 90.5 cm³/mol. The summed E-state index contributed by atoms with van der Waals surface area (Å²) >= 11 is 7.47. The van der Waals surface area contributed by atoms with Crippen LogP contribution in [-0.2, 0) is 5.75 Å². The van der Waals surface area contributed by atoms with Gasteiger partial charge in [-0.15, -0.1) is 10.2 Å². The summed E-state index contributed by atoms with van der Waals surface area (Å²) in [5.74, 6) is 1.23. The molecular formula is C17H11ClN2O2S. The summed E-state index contributed by atoms with van der Waals surface area (Å²) in [7, 11) is 0. The molecule has 4 nitrogen and oxygen atoms in total. The number of halogens is 1. The van der Waals surface area contributed by atoms with E-state index in [4.69, 9.17) is 20.4 Å². The van der Waals surface area contributed by atoms with E-state index in [9.17, 15) is 0 Å². The fourth-order valence-corrected chi connectivity index (χ4v) is 3.18. The Kier molecular flexibility index (Phi) is 3.81. The van der Waals surface area contributed by atoms with Gasteiger partial charge in [0.05, 0.1) is 6.26 Å². The maximum absolute atomic E-state index is 5.98. The van der Waals surface area contributed by atoms with Crippen molar-refractivity contribution in [3.05, 3.63) is 65.4 Å². The minimum absolute atomic E-state index is 0.502. The van der Waals surface area contributed by atoms with E-state index < -0.39 is 0 Å².